The smallest absolute Gasteiger partial charge is 0.127 e. The number of hydrogen-bond donors (Lipinski definition) is 1. The second kappa shape index (κ2) is 7.09. The molecular weight excluding hydrogens is 264 g/mol. The van der Waals surface area contributed by atoms with Gasteiger partial charge < -0.3 is 14.8 Å². The molecule has 112 valence electrons. The second-order valence-electron chi connectivity index (χ2n) is 4.82. The molecule has 4 nitrogen and oxygen atoms in total. The normalized spacial score (nSPS) is 12.0. The van der Waals surface area contributed by atoms with Crippen molar-refractivity contribution in [3.63, 3.8) is 0 Å². The summed E-state index contributed by atoms with van der Waals surface area (Å²) < 4.78 is 11.0. The van der Waals surface area contributed by atoms with Crippen LogP contribution >= 0.6 is 0 Å². The fourth-order valence-electron chi connectivity index (χ4n) is 2.44. The predicted molar refractivity (Wildman–Crippen MR) is 84.0 cm³/mol. The molecule has 0 aliphatic heterocycles. The zero-order valence-corrected chi connectivity index (χ0v) is 13.0. The zero-order valence-electron chi connectivity index (χ0n) is 13.0. The van der Waals surface area contributed by atoms with E-state index in [0.717, 1.165) is 29.3 Å². The monoisotopic (exact) mass is 286 g/mol. The lowest BCUT2D eigenvalue weighted by atomic mass is 9.99. The molecule has 0 aliphatic carbocycles. The van der Waals surface area contributed by atoms with Crippen LogP contribution in [0.4, 0.5) is 0 Å². The Hall–Kier alpha value is -2.07. The van der Waals surface area contributed by atoms with Gasteiger partial charge in [0.1, 0.15) is 11.5 Å². The lowest BCUT2D eigenvalue weighted by molar-refractivity contribution is 0.376. The molecule has 2 rings (SSSR count). The molecule has 1 heterocycles. The molecule has 0 bridgehead atoms. The maximum atomic E-state index is 5.52. The van der Waals surface area contributed by atoms with Crippen LogP contribution in [-0.2, 0) is 0 Å². The maximum Gasteiger partial charge on any atom is 0.127 e. The van der Waals surface area contributed by atoms with Gasteiger partial charge in [0, 0.05) is 6.20 Å². The Balaban J connectivity index is 2.57. The summed E-state index contributed by atoms with van der Waals surface area (Å²) >= 11 is 0. The van der Waals surface area contributed by atoms with Crippen LogP contribution < -0.4 is 14.8 Å². The topological polar surface area (TPSA) is 43.4 Å². The molecule has 0 saturated heterocycles. The Kier molecular flexibility index (Phi) is 5.17. The van der Waals surface area contributed by atoms with Gasteiger partial charge in [0.25, 0.3) is 0 Å². The summed E-state index contributed by atoms with van der Waals surface area (Å²) in [5, 5.41) is 3.47. The van der Waals surface area contributed by atoms with Crippen LogP contribution in [0.15, 0.2) is 36.5 Å². The van der Waals surface area contributed by atoms with E-state index >= 15 is 0 Å². The van der Waals surface area contributed by atoms with Gasteiger partial charge in [0.2, 0.25) is 0 Å². The second-order valence-corrected chi connectivity index (χ2v) is 4.82. The van der Waals surface area contributed by atoms with Crippen molar-refractivity contribution >= 4 is 0 Å². The molecule has 0 amide bonds. The SMILES string of the molecule is CCNC(c1cc(C)ccn1)c1c(OC)cccc1OC. The lowest BCUT2D eigenvalue weighted by Crippen LogP contribution is -2.24. The number of nitrogens with zero attached hydrogens (tertiary/aromatic N) is 1. The van der Waals surface area contributed by atoms with E-state index in [2.05, 4.69) is 30.2 Å². The number of methoxy groups -OCH3 is 2. The third kappa shape index (κ3) is 3.34. The zero-order chi connectivity index (χ0) is 15.2. The van der Waals surface area contributed by atoms with Gasteiger partial charge in [-0.25, -0.2) is 0 Å². The van der Waals surface area contributed by atoms with Gasteiger partial charge in [-0.05, 0) is 43.3 Å². The number of nitrogens with one attached hydrogen (secondary N) is 1. The van der Waals surface area contributed by atoms with E-state index in [1.54, 1.807) is 14.2 Å². The van der Waals surface area contributed by atoms with Crippen LogP contribution in [0.5, 0.6) is 11.5 Å². The number of pyridine rings is 1. The Morgan fingerprint density at radius 3 is 2.33 bits per heavy atom. The van der Waals surface area contributed by atoms with E-state index < -0.39 is 0 Å². The van der Waals surface area contributed by atoms with Crippen molar-refractivity contribution < 1.29 is 9.47 Å². The van der Waals surface area contributed by atoms with Gasteiger partial charge in [-0.3, -0.25) is 4.98 Å². The summed E-state index contributed by atoms with van der Waals surface area (Å²) in [6.45, 7) is 4.96. The van der Waals surface area contributed by atoms with E-state index in [4.69, 9.17) is 9.47 Å². The minimum absolute atomic E-state index is 0.0685. The Morgan fingerprint density at radius 1 is 1.14 bits per heavy atom. The van der Waals surface area contributed by atoms with Gasteiger partial charge in [-0.2, -0.15) is 0 Å². The molecule has 1 aromatic heterocycles. The first-order valence-corrected chi connectivity index (χ1v) is 7.08. The first-order valence-electron chi connectivity index (χ1n) is 7.08. The standard InChI is InChI=1S/C17H22N2O2/c1-5-18-17(13-11-12(2)9-10-19-13)16-14(20-3)7-6-8-15(16)21-4/h6-11,17-18H,5H2,1-4H3. The van der Waals surface area contributed by atoms with Gasteiger partial charge in [0.15, 0.2) is 0 Å². The van der Waals surface area contributed by atoms with Gasteiger partial charge in [0.05, 0.1) is 31.5 Å². The summed E-state index contributed by atoms with van der Waals surface area (Å²) in [6.07, 6.45) is 1.83. The highest BCUT2D eigenvalue weighted by Gasteiger charge is 2.23. The predicted octanol–water partition coefficient (Wildman–Crippen LogP) is 3.11. The molecule has 0 radical (unpaired) electrons. The minimum atomic E-state index is -0.0685. The first-order chi connectivity index (χ1) is 10.2. The van der Waals surface area contributed by atoms with Crippen molar-refractivity contribution in [2.45, 2.75) is 19.9 Å². The summed E-state index contributed by atoms with van der Waals surface area (Å²) in [4.78, 5) is 4.51. The summed E-state index contributed by atoms with van der Waals surface area (Å²) in [6, 6.07) is 9.82. The molecule has 2 aromatic rings. The van der Waals surface area contributed by atoms with E-state index in [1.165, 1.54) is 5.56 Å². The lowest BCUT2D eigenvalue weighted by Gasteiger charge is -2.22. The third-order valence-electron chi connectivity index (χ3n) is 3.40. The highest BCUT2D eigenvalue weighted by atomic mass is 16.5. The highest BCUT2D eigenvalue weighted by molar-refractivity contribution is 5.49. The summed E-state index contributed by atoms with van der Waals surface area (Å²) in [5.41, 5.74) is 3.11. The van der Waals surface area contributed by atoms with Crippen LogP contribution in [0.3, 0.4) is 0 Å². The number of aromatic nitrogens is 1. The van der Waals surface area contributed by atoms with Gasteiger partial charge in [-0.15, -0.1) is 0 Å². The van der Waals surface area contributed by atoms with Crippen molar-refractivity contribution in [1.29, 1.82) is 0 Å². The molecule has 0 aliphatic rings. The minimum Gasteiger partial charge on any atom is -0.496 e. The fourth-order valence-corrected chi connectivity index (χ4v) is 2.44. The van der Waals surface area contributed by atoms with Crippen LogP contribution in [0.1, 0.15) is 29.8 Å². The van der Waals surface area contributed by atoms with Crippen molar-refractivity contribution in [1.82, 2.24) is 10.3 Å². The number of aryl methyl sites for hydroxylation is 1. The first kappa shape index (κ1) is 15.3. The van der Waals surface area contributed by atoms with E-state index in [1.807, 2.05) is 30.5 Å². The molecule has 0 spiro atoms. The van der Waals surface area contributed by atoms with Crippen molar-refractivity contribution in [3.8, 4) is 11.5 Å². The molecule has 0 saturated carbocycles. The molecule has 0 fully saturated rings. The van der Waals surface area contributed by atoms with Crippen LogP contribution in [0.2, 0.25) is 0 Å². The quantitative estimate of drug-likeness (QED) is 0.886. The fraction of sp³-hybridized carbons (Fsp3) is 0.353. The van der Waals surface area contributed by atoms with Crippen molar-refractivity contribution in [3.05, 3.63) is 53.3 Å². The van der Waals surface area contributed by atoms with Crippen LogP contribution in [0.25, 0.3) is 0 Å². The molecule has 1 atom stereocenters. The number of rotatable bonds is 6. The number of ether oxygens (including phenoxy) is 2. The Labute approximate surface area is 126 Å². The van der Waals surface area contributed by atoms with E-state index in [0.29, 0.717) is 0 Å². The number of hydrogen-bond acceptors (Lipinski definition) is 4. The van der Waals surface area contributed by atoms with Crippen LogP contribution in [0, 0.1) is 6.92 Å². The maximum absolute atomic E-state index is 5.52. The molecule has 1 aromatic carbocycles. The Bertz CT molecular complexity index is 577. The summed E-state index contributed by atoms with van der Waals surface area (Å²) in [7, 11) is 3.34. The highest BCUT2D eigenvalue weighted by Crippen LogP contribution is 2.36. The number of benzene rings is 1. The van der Waals surface area contributed by atoms with Gasteiger partial charge >= 0.3 is 0 Å². The molecule has 1 unspecified atom stereocenters. The average Bonchev–Trinajstić information content (AvgIpc) is 2.52. The van der Waals surface area contributed by atoms with Gasteiger partial charge in [-0.1, -0.05) is 13.0 Å². The average molecular weight is 286 g/mol. The molecule has 1 N–H and O–H groups in total. The molecule has 4 heteroatoms. The third-order valence-corrected chi connectivity index (χ3v) is 3.40. The Morgan fingerprint density at radius 2 is 1.81 bits per heavy atom. The van der Waals surface area contributed by atoms with Crippen LogP contribution in [-0.4, -0.2) is 25.7 Å². The van der Waals surface area contributed by atoms with Crippen molar-refractivity contribution in [2.24, 2.45) is 0 Å². The molecule has 21 heavy (non-hydrogen) atoms. The van der Waals surface area contributed by atoms with E-state index in [9.17, 15) is 0 Å². The summed E-state index contributed by atoms with van der Waals surface area (Å²) in [5.74, 6) is 1.59. The molecular formula is C17H22N2O2. The largest absolute Gasteiger partial charge is 0.496 e. The van der Waals surface area contributed by atoms with Crippen molar-refractivity contribution in [2.75, 3.05) is 20.8 Å². The van der Waals surface area contributed by atoms with E-state index in [-0.39, 0.29) is 6.04 Å².